The third-order valence-corrected chi connectivity index (χ3v) is 7.70. The third kappa shape index (κ3) is 4.80. The van der Waals surface area contributed by atoms with Crippen molar-refractivity contribution in [3.8, 4) is 11.1 Å². The summed E-state index contributed by atoms with van der Waals surface area (Å²) in [4.78, 5) is 35.4. The lowest BCUT2D eigenvalue weighted by molar-refractivity contribution is -0.117. The summed E-state index contributed by atoms with van der Waals surface area (Å²) in [6, 6.07) is 21.2. The zero-order valence-corrected chi connectivity index (χ0v) is 20.9. The van der Waals surface area contributed by atoms with E-state index in [1.54, 1.807) is 0 Å². The summed E-state index contributed by atoms with van der Waals surface area (Å²) in [6.07, 6.45) is -0.0225. The summed E-state index contributed by atoms with van der Waals surface area (Å²) in [6.45, 7) is 2.43. The van der Waals surface area contributed by atoms with Gasteiger partial charge in [-0.05, 0) is 53.8 Å². The van der Waals surface area contributed by atoms with E-state index < -0.39 is 12.1 Å². The maximum Gasteiger partial charge on any atom is 0.346 e. The summed E-state index contributed by atoms with van der Waals surface area (Å²) >= 11 is 1.36. The number of thiazole rings is 1. The van der Waals surface area contributed by atoms with Gasteiger partial charge in [0.1, 0.15) is 6.17 Å². The fourth-order valence-corrected chi connectivity index (χ4v) is 5.45. The van der Waals surface area contributed by atoms with Gasteiger partial charge in [0.25, 0.3) is 0 Å². The van der Waals surface area contributed by atoms with Crippen LogP contribution < -0.4 is 10.6 Å². The molecule has 2 heterocycles. The van der Waals surface area contributed by atoms with Gasteiger partial charge in [-0.3, -0.25) is 9.63 Å². The molecular weight excluding hydrogens is 491 g/mol. The van der Waals surface area contributed by atoms with Crippen LogP contribution in [0.5, 0.6) is 0 Å². The molecule has 3 aromatic carbocycles. The molecule has 3 atom stereocenters. The quantitative estimate of drug-likeness (QED) is 0.318. The molecule has 1 saturated heterocycles. The molecular formula is C28H25FN4O3S. The van der Waals surface area contributed by atoms with Crippen molar-refractivity contribution >= 4 is 44.3 Å². The second-order valence-corrected chi connectivity index (χ2v) is 10.4. The highest BCUT2D eigenvalue weighted by Crippen LogP contribution is 2.37. The number of hydroxylamine groups is 2. The monoisotopic (exact) mass is 516 g/mol. The van der Waals surface area contributed by atoms with Crippen LogP contribution in [-0.4, -0.2) is 34.8 Å². The first-order valence-corrected chi connectivity index (χ1v) is 13.0. The van der Waals surface area contributed by atoms with Crippen molar-refractivity contribution in [3.05, 3.63) is 77.9 Å². The van der Waals surface area contributed by atoms with E-state index in [1.807, 2.05) is 73.7 Å². The number of hydrogen-bond acceptors (Lipinski definition) is 5. The van der Waals surface area contributed by atoms with E-state index in [4.69, 9.17) is 4.84 Å². The number of benzene rings is 3. The number of nitrogens with zero attached hydrogens (tertiary/aromatic N) is 2. The molecule has 1 aliphatic heterocycles. The number of amides is 3. The van der Waals surface area contributed by atoms with Gasteiger partial charge >= 0.3 is 6.03 Å². The number of carbonyl (C=O) groups excluding carboxylic acids is 2. The SMILES string of the molecule is Cc1ccc(-c2ccc3nc(NC(=O)[C@H]4C[C@H]4F)sc3c2)cc1NC(=O)N1OCC[C@H]1c1ccccc1. The second kappa shape index (κ2) is 9.57. The minimum atomic E-state index is -1.04. The molecule has 0 radical (unpaired) electrons. The second-order valence-electron chi connectivity index (χ2n) is 9.38. The number of fused-ring (bicyclic) bond motifs is 1. The Morgan fingerprint density at radius 3 is 2.59 bits per heavy atom. The summed E-state index contributed by atoms with van der Waals surface area (Å²) < 4.78 is 14.1. The van der Waals surface area contributed by atoms with Gasteiger partial charge in [0.2, 0.25) is 5.91 Å². The molecule has 37 heavy (non-hydrogen) atoms. The summed E-state index contributed by atoms with van der Waals surface area (Å²) in [5, 5.41) is 7.64. The molecule has 9 heteroatoms. The van der Waals surface area contributed by atoms with Crippen molar-refractivity contribution in [2.24, 2.45) is 5.92 Å². The number of anilines is 2. The van der Waals surface area contributed by atoms with Crippen LogP contribution in [0.25, 0.3) is 21.3 Å². The van der Waals surface area contributed by atoms with E-state index in [1.165, 1.54) is 16.4 Å². The number of nitrogens with one attached hydrogen (secondary N) is 2. The van der Waals surface area contributed by atoms with Crippen LogP contribution >= 0.6 is 11.3 Å². The van der Waals surface area contributed by atoms with Gasteiger partial charge in [-0.25, -0.2) is 14.2 Å². The number of carbonyl (C=O) groups is 2. The molecule has 2 fully saturated rings. The molecule has 188 valence electrons. The molecule has 1 aromatic heterocycles. The van der Waals surface area contributed by atoms with Crippen LogP contribution in [0.3, 0.4) is 0 Å². The molecule has 0 spiro atoms. The number of rotatable bonds is 5. The number of halogens is 1. The summed E-state index contributed by atoms with van der Waals surface area (Å²) in [7, 11) is 0. The van der Waals surface area contributed by atoms with E-state index in [9.17, 15) is 14.0 Å². The Labute approximate surface area is 217 Å². The Balaban J connectivity index is 1.21. The predicted octanol–water partition coefficient (Wildman–Crippen LogP) is 6.48. The highest BCUT2D eigenvalue weighted by molar-refractivity contribution is 7.22. The fourth-order valence-electron chi connectivity index (χ4n) is 4.54. The van der Waals surface area contributed by atoms with E-state index >= 15 is 0 Å². The van der Waals surface area contributed by atoms with Crippen molar-refractivity contribution in [1.82, 2.24) is 10.0 Å². The van der Waals surface area contributed by atoms with Gasteiger partial charge in [-0.15, -0.1) is 0 Å². The molecule has 0 bridgehead atoms. The van der Waals surface area contributed by atoms with E-state index in [0.29, 0.717) is 17.4 Å². The van der Waals surface area contributed by atoms with Gasteiger partial charge in [0, 0.05) is 12.1 Å². The van der Waals surface area contributed by atoms with Crippen LogP contribution in [0.15, 0.2) is 66.7 Å². The molecule has 6 rings (SSSR count). The molecule has 1 saturated carbocycles. The highest BCUT2D eigenvalue weighted by Gasteiger charge is 2.43. The van der Waals surface area contributed by atoms with E-state index in [2.05, 4.69) is 15.6 Å². The first kappa shape index (κ1) is 23.6. The molecule has 2 aliphatic rings. The summed E-state index contributed by atoms with van der Waals surface area (Å²) in [5.74, 6) is -0.875. The lowest BCUT2D eigenvalue weighted by Gasteiger charge is -2.23. The topological polar surface area (TPSA) is 83.6 Å². The van der Waals surface area contributed by atoms with Crippen molar-refractivity contribution in [1.29, 1.82) is 0 Å². The number of hydrogen-bond donors (Lipinski definition) is 2. The maximum absolute atomic E-state index is 13.2. The zero-order valence-electron chi connectivity index (χ0n) is 20.1. The van der Waals surface area contributed by atoms with Gasteiger partial charge in [0.15, 0.2) is 5.13 Å². The lowest BCUT2D eigenvalue weighted by Crippen LogP contribution is -2.33. The Morgan fingerprint density at radius 2 is 1.81 bits per heavy atom. The summed E-state index contributed by atoms with van der Waals surface area (Å²) in [5.41, 5.74) is 5.32. The molecule has 1 aliphatic carbocycles. The Bertz CT molecular complexity index is 1490. The minimum Gasteiger partial charge on any atom is -0.306 e. The van der Waals surface area contributed by atoms with Crippen LogP contribution in [0.4, 0.5) is 20.0 Å². The first-order valence-electron chi connectivity index (χ1n) is 12.2. The normalized spacial score (nSPS) is 20.7. The van der Waals surface area contributed by atoms with Crippen LogP contribution in [0, 0.1) is 12.8 Å². The number of alkyl halides is 1. The first-order chi connectivity index (χ1) is 18.0. The minimum absolute atomic E-state index is 0.135. The van der Waals surface area contributed by atoms with E-state index in [0.717, 1.165) is 38.9 Å². The van der Waals surface area contributed by atoms with Crippen LogP contribution in [0.2, 0.25) is 0 Å². The highest BCUT2D eigenvalue weighted by atomic mass is 32.1. The average molecular weight is 517 g/mol. The standard InChI is InChI=1S/C28H25FN4O3S/c1-16-7-8-18(13-23(16)31-28(35)33-24(11-12-36-33)17-5-3-2-4-6-17)19-9-10-22-25(14-19)37-27(30-22)32-26(34)20-15-21(20)29/h2-10,13-14,20-21,24H,11-12,15H2,1H3,(H,31,35)(H,30,32,34)/t20-,21+,24-/m0/s1. The lowest BCUT2D eigenvalue weighted by atomic mass is 10.0. The fraction of sp³-hybridized carbons (Fsp3) is 0.250. The van der Waals surface area contributed by atoms with Crippen molar-refractivity contribution in [2.75, 3.05) is 17.2 Å². The van der Waals surface area contributed by atoms with Crippen LogP contribution in [-0.2, 0) is 9.63 Å². The van der Waals surface area contributed by atoms with Gasteiger partial charge in [-0.1, -0.05) is 59.9 Å². The van der Waals surface area contributed by atoms with Gasteiger partial charge in [-0.2, -0.15) is 5.06 Å². The number of aromatic nitrogens is 1. The number of aryl methyl sites for hydroxylation is 1. The van der Waals surface area contributed by atoms with Gasteiger partial charge < -0.3 is 10.6 Å². The third-order valence-electron chi connectivity index (χ3n) is 6.77. The van der Waals surface area contributed by atoms with Crippen LogP contribution in [0.1, 0.15) is 30.0 Å². The molecule has 0 unspecified atom stereocenters. The molecule has 7 nitrogen and oxygen atoms in total. The average Bonchev–Trinajstić information content (AvgIpc) is 3.28. The van der Waals surface area contributed by atoms with Gasteiger partial charge in [0.05, 0.1) is 28.8 Å². The van der Waals surface area contributed by atoms with Crippen molar-refractivity contribution < 1.29 is 18.8 Å². The Hall–Kier alpha value is -3.82. The van der Waals surface area contributed by atoms with Crippen molar-refractivity contribution in [3.63, 3.8) is 0 Å². The Kier molecular flexibility index (Phi) is 6.10. The molecule has 4 aromatic rings. The number of urea groups is 1. The largest absolute Gasteiger partial charge is 0.346 e. The van der Waals surface area contributed by atoms with E-state index in [-0.39, 0.29) is 24.4 Å². The molecule has 3 amide bonds. The zero-order chi connectivity index (χ0) is 25.5. The molecule has 2 N–H and O–H groups in total. The van der Waals surface area contributed by atoms with Crippen molar-refractivity contribution in [2.45, 2.75) is 32.0 Å². The smallest absolute Gasteiger partial charge is 0.306 e. The predicted molar refractivity (Wildman–Crippen MR) is 142 cm³/mol. The Morgan fingerprint density at radius 1 is 1.05 bits per heavy atom. The maximum atomic E-state index is 13.2.